The normalized spacial score (nSPS) is 22.6. The van der Waals surface area contributed by atoms with E-state index in [2.05, 4.69) is 0 Å². The molecule has 17 heavy (non-hydrogen) atoms. The summed E-state index contributed by atoms with van der Waals surface area (Å²) in [5, 5.41) is 0. The number of ketones is 1. The lowest BCUT2D eigenvalue weighted by Crippen LogP contribution is -2.40. The molecule has 1 fully saturated rings. The van der Waals surface area contributed by atoms with Crippen LogP contribution in [0.2, 0.25) is 0 Å². The summed E-state index contributed by atoms with van der Waals surface area (Å²) in [6.07, 6.45) is 1.78. The Kier molecular flexibility index (Phi) is 3.31. The quantitative estimate of drug-likeness (QED) is 0.799. The van der Waals surface area contributed by atoms with Gasteiger partial charge in [0.25, 0.3) is 0 Å². The first-order chi connectivity index (χ1) is 7.98. The minimum atomic E-state index is -3.27. The molecule has 0 N–H and O–H groups in total. The minimum Gasteiger partial charge on any atom is -0.300 e. The van der Waals surface area contributed by atoms with Crippen LogP contribution in [-0.4, -0.2) is 31.3 Å². The Labute approximate surface area is 101 Å². The third-order valence-corrected chi connectivity index (χ3v) is 4.28. The number of benzene rings is 1. The van der Waals surface area contributed by atoms with E-state index >= 15 is 0 Å². The van der Waals surface area contributed by atoms with Gasteiger partial charge in [-0.3, -0.25) is 4.79 Å². The summed E-state index contributed by atoms with van der Waals surface area (Å²) in [5.74, 6) is 0.124. The van der Waals surface area contributed by atoms with E-state index in [4.69, 9.17) is 0 Å². The SMILES string of the molecule is CS(=O)(=O)N1CCC(=O)C[C@@H]1c1ccccc1. The summed E-state index contributed by atoms with van der Waals surface area (Å²) in [7, 11) is -3.27. The molecule has 1 atom stereocenters. The fraction of sp³-hybridized carbons (Fsp3) is 0.417. The molecule has 1 saturated heterocycles. The molecule has 1 aliphatic rings. The smallest absolute Gasteiger partial charge is 0.211 e. The van der Waals surface area contributed by atoms with E-state index < -0.39 is 10.0 Å². The summed E-state index contributed by atoms with van der Waals surface area (Å²) in [4.78, 5) is 11.5. The van der Waals surface area contributed by atoms with Gasteiger partial charge in [-0.15, -0.1) is 0 Å². The van der Waals surface area contributed by atoms with Gasteiger partial charge in [0.1, 0.15) is 5.78 Å². The Balaban J connectivity index is 2.36. The Morgan fingerprint density at radius 1 is 1.24 bits per heavy atom. The molecule has 0 unspecified atom stereocenters. The van der Waals surface area contributed by atoms with Crippen LogP contribution >= 0.6 is 0 Å². The molecule has 0 bridgehead atoms. The summed E-state index contributed by atoms with van der Waals surface area (Å²) in [6, 6.07) is 8.97. The summed E-state index contributed by atoms with van der Waals surface area (Å²) in [5.41, 5.74) is 0.881. The fourth-order valence-electron chi connectivity index (χ4n) is 2.17. The van der Waals surface area contributed by atoms with E-state index in [1.165, 1.54) is 10.6 Å². The molecule has 0 amide bonds. The van der Waals surface area contributed by atoms with E-state index in [1.54, 1.807) is 0 Å². The number of carbonyl (C=O) groups is 1. The van der Waals surface area contributed by atoms with Crippen LogP contribution in [0.5, 0.6) is 0 Å². The van der Waals surface area contributed by atoms with Crippen LogP contribution in [0.1, 0.15) is 24.4 Å². The highest BCUT2D eigenvalue weighted by molar-refractivity contribution is 7.88. The number of hydrogen-bond donors (Lipinski definition) is 0. The van der Waals surface area contributed by atoms with Gasteiger partial charge in [-0.25, -0.2) is 8.42 Å². The van der Waals surface area contributed by atoms with Crippen LogP contribution in [0.15, 0.2) is 30.3 Å². The number of sulfonamides is 1. The fourth-order valence-corrected chi connectivity index (χ4v) is 3.25. The van der Waals surface area contributed by atoms with Crippen molar-refractivity contribution in [2.24, 2.45) is 0 Å². The molecule has 1 aromatic carbocycles. The Morgan fingerprint density at radius 2 is 1.88 bits per heavy atom. The van der Waals surface area contributed by atoms with Gasteiger partial charge >= 0.3 is 0 Å². The van der Waals surface area contributed by atoms with Gasteiger partial charge in [0.15, 0.2) is 0 Å². The van der Waals surface area contributed by atoms with Crippen molar-refractivity contribution < 1.29 is 13.2 Å². The number of nitrogens with zero attached hydrogens (tertiary/aromatic N) is 1. The molecular formula is C12H15NO3S. The van der Waals surface area contributed by atoms with E-state index in [-0.39, 0.29) is 24.8 Å². The topological polar surface area (TPSA) is 54.5 Å². The zero-order chi connectivity index (χ0) is 12.5. The third kappa shape index (κ3) is 2.73. The van der Waals surface area contributed by atoms with Crippen LogP contribution in [0.4, 0.5) is 0 Å². The molecule has 0 spiro atoms. The van der Waals surface area contributed by atoms with Gasteiger partial charge < -0.3 is 0 Å². The average Bonchev–Trinajstić information content (AvgIpc) is 2.28. The van der Waals surface area contributed by atoms with Crippen molar-refractivity contribution in [3.63, 3.8) is 0 Å². The van der Waals surface area contributed by atoms with Crippen molar-refractivity contribution in [1.29, 1.82) is 0 Å². The number of hydrogen-bond acceptors (Lipinski definition) is 3. The zero-order valence-corrected chi connectivity index (χ0v) is 10.5. The molecule has 0 aromatic heterocycles. The summed E-state index contributed by atoms with van der Waals surface area (Å²) >= 11 is 0. The predicted molar refractivity (Wildman–Crippen MR) is 65.0 cm³/mol. The van der Waals surface area contributed by atoms with Gasteiger partial charge in [0, 0.05) is 19.4 Å². The lowest BCUT2D eigenvalue weighted by atomic mass is 9.97. The second-order valence-electron chi connectivity index (χ2n) is 4.29. The molecule has 92 valence electrons. The van der Waals surface area contributed by atoms with Crippen LogP contribution < -0.4 is 0 Å². The maximum Gasteiger partial charge on any atom is 0.211 e. The number of carbonyl (C=O) groups excluding carboxylic acids is 1. The highest BCUT2D eigenvalue weighted by atomic mass is 32.2. The monoisotopic (exact) mass is 253 g/mol. The molecule has 1 aliphatic heterocycles. The van der Waals surface area contributed by atoms with E-state index in [9.17, 15) is 13.2 Å². The largest absolute Gasteiger partial charge is 0.300 e. The van der Waals surface area contributed by atoms with Crippen molar-refractivity contribution in [1.82, 2.24) is 4.31 Å². The number of Topliss-reactive ketones (excluding diaryl/α,β-unsaturated/α-hetero) is 1. The highest BCUT2D eigenvalue weighted by Gasteiger charge is 2.33. The maximum atomic E-state index is 11.7. The Morgan fingerprint density at radius 3 is 2.47 bits per heavy atom. The van der Waals surface area contributed by atoms with Crippen molar-refractivity contribution in [2.75, 3.05) is 12.8 Å². The van der Waals surface area contributed by atoms with E-state index in [0.29, 0.717) is 6.42 Å². The Hall–Kier alpha value is -1.20. The minimum absolute atomic E-state index is 0.124. The molecule has 5 heteroatoms. The van der Waals surface area contributed by atoms with Crippen LogP contribution in [0.25, 0.3) is 0 Å². The van der Waals surface area contributed by atoms with Gasteiger partial charge in [-0.1, -0.05) is 30.3 Å². The van der Waals surface area contributed by atoms with Gasteiger partial charge in [0.2, 0.25) is 10.0 Å². The Bertz CT molecular complexity index is 510. The first kappa shape index (κ1) is 12.3. The second kappa shape index (κ2) is 4.58. The lowest BCUT2D eigenvalue weighted by Gasteiger charge is -2.33. The van der Waals surface area contributed by atoms with Crippen molar-refractivity contribution in [3.8, 4) is 0 Å². The third-order valence-electron chi connectivity index (χ3n) is 2.99. The molecule has 0 radical (unpaired) electrons. The molecule has 0 saturated carbocycles. The van der Waals surface area contributed by atoms with Crippen molar-refractivity contribution in [3.05, 3.63) is 35.9 Å². The molecule has 1 heterocycles. The van der Waals surface area contributed by atoms with Gasteiger partial charge in [0.05, 0.1) is 12.3 Å². The molecular weight excluding hydrogens is 238 g/mol. The maximum absolute atomic E-state index is 11.7. The summed E-state index contributed by atoms with van der Waals surface area (Å²) in [6.45, 7) is 0.289. The molecule has 4 nitrogen and oxygen atoms in total. The first-order valence-electron chi connectivity index (χ1n) is 5.52. The molecule has 2 rings (SSSR count). The lowest BCUT2D eigenvalue weighted by molar-refractivity contribution is -0.121. The zero-order valence-electron chi connectivity index (χ0n) is 9.67. The highest BCUT2D eigenvalue weighted by Crippen LogP contribution is 2.30. The van der Waals surface area contributed by atoms with Crippen molar-refractivity contribution in [2.45, 2.75) is 18.9 Å². The average molecular weight is 253 g/mol. The van der Waals surface area contributed by atoms with Crippen LogP contribution in [-0.2, 0) is 14.8 Å². The predicted octanol–water partition coefficient (Wildman–Crippen LogP) is 1.35. The molecule has 1 aromatic rings. The van der Waals surface area contributed by atoms with Crippen LogP contribution in [0, 0.1) is 0 Å². The van der Waals surface area contributed by atoms with Crippen molar-refractivity contribution >= 4 is 15.8 Å². The van der Waals surface area contributed by atoms with Gasteiger partial charge in [-0.2, -0.15) is 4.31 Å². The standard InChI is InChI=1S/C12H15NO3S/c1-17(15,16)13-8-7-11(14)9-12(13)10-5-3-2-4-6-10/h2-6,12H,7-9H2,1H3/t12-/m1/s1. The van der Waals surface area contributed by atoms with Crippen LogP contribution in [0.3, 0.4) is 0 Å². The molecule has 0 aliphatic carbocycles. The van der Waals surface area contributed by atoms with Gasteiger partial charge in [-0.05, 0) is 5.56 Å². The summed E-state index contributed by atoms with van der Waals surface area (Å²) < 4.78 is 24.8. The first-order valence-corrected chi connectivity index (χ1v) is 7.37. The van der Waals surface area contributed by atoms with E-state index in [0.717, 1.165) is 5.56 Å². The number of rotatable bonds is 2. The van der Waals surface area contributed by atoms with E-state index in [1.807, 2.05) is 30.3 Å². The number of piperidine rings is 1. The second-order valence-corrected chi connectivity index (χ2v) is 6.23.